The third-order valence-corrected chi connectivity index (χ3v) is 5.27. The van der Waals surface area contributed by atoms with Crippen LogP contribution in [-0.2, 0) is 11.2 Å². The third kappa shape index (κ3) is 7.04. The fourth-order valence-corrected chi connectivity index (χ4v) is 3.58. The molecule has 31 heavy (non-hydrogen) atoms. The Morgan fingerprint density at radius 3 is 2.16 bits per heavy atom. The van der Waals surface area contributed by atoms with Crippen LogP contribution in [-0.4, -0.2) is 23.1 Å². The smallest absolute Gasteiger partial charge is 0.257 e. The Labute approximate surface area is 197 Å². The van der Waals surface area contributed by atoms with Crippen molar-refractivity contribution in [2.24, 2.45) is 0 Å². The number of aryl methyl sites for hydroxylation is 1. The van der Waals surface area contributed by atoms with Crippen molar-refractivity contribution in [2.75, 3.05) is 5.32 Å². The van der Waals surface area contributed by atoms with Gasteiger partial charge < -0.3 is 14.8 Å². The molecule has 0 fully saturated rings. The highest BCUT2D eigenvalue weighted by molar-refractivity contribution is 14.1. The molecule has 1 amide bonds. The highest BCUT2D eigenvalue weighted by atomic mass is 127. The van der Waals surface area contributed by atoms with Crippen molar-refractivity contribution in [2.45, 2.75) is 46.3 Å². The van der Waals surface area contributed by atoms with Crippen molar-refractivity contribution in [3.05, 3.63) is 81.2 Å². The van der Waals surface area contributed by atoms with E-state index in [4.69, 9.17) is 9.47 Å². The number of amides is 1. The number of hydrogen-bond acceptors (Lipinski definition) is 4. The lowest BCUT2D eigenvalue weighted by molar-refractivity contribution is 0.0190. The molecule has 3 rings (SSSR count). The zero-order valence-corrected chi connectivity index (χ0v) is 20.3. The highest BCUT2D eigenvalue weighted by Gasteiger charge is 2.13. The molecule has 0 aliphatic carbocycles. The van der Waals surface area contributed by atoms with Gasteiger partial charge in [-0.05, 0) is 111 Å². The monoisotopic (exact) mass is 530 g/mol. The molecule has 0 bridgehead atoms. The number of nitrogens with one attached hydrogen (secondary N) is 1. The van der Waals surface area contributed by atoms with Gasteiger partial charge >= 0.3 is 0 Å². The SMILES string of the molecule is Cc1nc(CC(C)OC(C)C)ccc1C(=O)Nc1ccc(Oc2ccc(I)cc2)cc1. The summed E-state index contributed by atoms with van der Waals surface area (Å²) >= 11 is 2.25. The van der Waals surface area contributed by atoms with Gasteiger partial charge in [-0.2, -0.15) is 0 Å². The van der Waals surface area contributed by atoms with Gasteiger partial charge in [-0.15, -0.1) is 0 Å². The molecule has 2 aromatic carbocycles. The summed E-state index contributed by atoms with van der Waals surface area (Å²) < 4.78 is 12.8. The molecule has 0 radical (unpaired) electrons. The average Bonchev–Trinajstić information content (AvgIpc) is 2.70. The first-order valence-electron chi connectivity index (χ1n) is 10.3. The molecule has 1 unspecified atom stereocenters. The summed E-state index contributed by atoms with van der Waals surface area (Å²) in [5.74, 6) is 1.29. The second-order valence-corrected chi connectivity index (χ2v) is 8.92. The summed E-state index contributed by atoms with van der Waals surface area (Å²) in [6.07, 6.45) is 0.962. The second-order valence-electron chi connectivity index (χ2n) is 7.67. The van der Waals surface area contributed by atoms with E-state index >= 15 is 0 Å². The first kappa shape index (κ1) is 23.2. The van der Waals surface area contributed by atoms with Gasteiger partial charge in [0.25, 0.3) is 5.91 Å². The zero-order valence-electron chi connectivity index (χ0n) is 18.2. The molecule has 0 spiro atoms. The van der Waals surface area contributed by atoms with Gasteiger partial charge in [0.05, 0.1) is 23.5 Å². The number of nitrogens with zero attached hydrogens (tertiary/aromatic N) is 1. The minimum absolute atomic E-state index is 0.0758. The van der Waals surface area contributed by atoms with Crippen LogP contribution in [0.5, 0.6) is 11.5 Å². The van der Waals surface area contributed by atoms with Crippen molar-refractivity contribution in [1.29, 1.82) is 0 Å². The quantitative estimate of drug-likeness (QED) is 0.343. The third-order valence-electron chi connectivity index (χ3n) is 4.55. The molecule has 162 valence electrons. The van der Waals surface area contributed by atoms with Crippen LogP contribution in [0.15, 0.2) is 60.7 Å². The number of carbonyl (C=O) groups excluding carboxylic acids is 1. The van der Waals surface area contributed by atoms with E-state index in [1.807, 2.05) is 88.4 Å². The van der Waals surface area contributed by atoms with Crippen LogP contribution in [0.4, 0.5) is 5.69 Å². The lowest BCUT2D eigenvalue weighted by Gasteiger charge is -2.16. The average molecular weight is 530 g/mol. The Balaban J connectivity index is 1.61. The van der Waals surface area contributed by atoms with E-state index in [1.165, 1.54) is 0 Å². The fourth-order valence-electron chi connectivity index (χ4n) is 3.22. The first-order chi connectivity index (χ1) is 14.8. The molecule has 5 nitrogen and oxygen atoms in total. The van der Waals surface area contributed by atoms with E-state index in [1.54, 1.807) is 0 Å². The topological polar surface area (TPSA) is 60.5 Å². The highest BCUT2D eigenvalue weighted by Crippen LogP contribution is 2.24. The molecule has 0 aliphatic heterocycles. The summed E-state index contributed by atoms with van der Waals surface area (Å²) in [6.45, 7) is 7.92. The summed E-state index contributed by atoms with van der Waals surface area (Å²) in [5, 5.41) is 2.92. The number of carbonyl (C=O) groups is 1. The molecule has 1 heterocycles. The minimum Gasteiger partial charge on any atom is -0.457 e. The van der Waals surface area contributed by atoms with E-state index in [-0.39, 0.29) is 18.1 Å². The van der Waals surface area contributed by atoms with Crippen LogP contribution in [0, 0.1) is 10.5 Å². The van der Waals surface area contributed by atoms with Crippen molar-refractivity contribution >= 4 is 34.2 Å². The van der Waals surface area contributed by atoms with Gasteiger partial charge in [-0.25, -0.2) is 0 Å². The van der Waals surface area contributed by atoms with Crippen LogP contribution in [0.1, 0.15) is 42.5 Å². The maximum Gasteiger partial charge on any atom is 0.257 e. The van der Waals surface area contributed by atoms with Crippen LogP contribution >= 0.6 is 22.6 Å². The second kappa shape index (κ2) is 10.7. The van der Waals surface area contributed by atoms with Gasteiger partial charge in [-0.3, -0.25) is 9.78 Å². The minimum atomic E-state index is -0.186. The number of benzene rings is 2. The Morgan fingerprint density at radius 1 is 0.968 bits per heavy atom. The zero-order chi connectivity index (χ0) is 22.4. The van der Waals surface area contributed by atoms with Crippen molar-refractivity contribution in [3.8, 4) is 11.5 Å². The maximum atomic E-state index is 12.7. The molecule has 1 atom stereocenters. The Hall–Kier alpha value is -2.45. The van der Waals surface area contributed by atoms with Gasteiger partial charge in [0.1, 0.15) is 11.5 Å². The number of rotatable bonds is 8. The summed E-state index contributed by atoms with van der Waals surface area (Å²) in [4.78, 5) is 17.3. The molecular weight excluding hydrogens is 503 g/mol. The number of halogens is 1. The van der Waals surface area contributed by atoms with E-state index in [0.29, 0.717) is 29.1 Å². The maximum absolute atomic E-state index is 12.7. The number of ether oxygens (including phenoxy) is 2. The molecule has 1 N–H and O–H groups in total. The molecule has 3 aromatic rings. The van der Waals surface area contributed by atoms with E-state index in [9.17, 15) is 4.79 Å². The predicted molar refractivity (Wildman–Crippen MR) is 132 cm³/mol. The van der Waals surface area contributed by atoms with Crippen LogP contribution in [0.25, 0.3) is 0 Å². The largest absolute Gasteiger partial charge is 0.457 e. The lowest BCUT2D eigenvalue weighted by atomic mass is 10.1. The molecular formula is C25H27IN2O3. The van der Waals surface area contributed by atoms with Crippen molar-refractivity contribution in [1.82, 2.24) is 4.98 Å². The van der Waals surface area contributed by atoms with Crippen LogP contribution in [0.3, 0.4) is 0 Å². The standard InChI is InChI=1S/C25H27IN2O3/c1-16(2)30-17(3)15-21-9-14-24(18(4)27-21)25(29)28-20-7-12-23(13-8-20)31-22-10-5-19(26)6-11-22/h5-14,16-17H,15H2,1-4H3,(H,28,29). The first-order valence-corrected chi connectivity index (χ1v) is 11.3. The summed E-state index contributed by atoms with van der Waals surface area (Å²) in [6, 6.07) is 18.8. The van der Waals surface area contributed by atoms with Gasteiger partial charge in [-0.1, -0.05) is 0 Å². The van der Waals surface area contributed by atoms with Crippen LogP contribution in [0.2, 0.25) is 0 Å². The lowest BCUT2D eigenvalue weighted by Crippen LogP contribution is -2.18. The van der Waals surface area contributed by atoms with Crippen molar-refractivity contribution in [3.63, 3.8) is 0 Å². The van der Waals surface area contributed by atoms with Gasteiger partial charge in [0, 0.05) is 21.4 Å². The van der Waals surface area contributed by atoms with Crippen molar-refractivity contribution < 1.29 is 14.3 Å². The number of hydrogen-bond donors (Lipinski definition) is 1. The molecule has 0 aliphatic rings. The number of pyridine rings is 1. The van der Waals surface area contributed by atoms with E-state index in [2.05, 4.69) is 32.9 Å². The summed E-state index contributed by atoms with van der Waals surface area (Å²) in [5.41, 5.74) is 2.87. The molecule has 1 aromatic heterocycles. The number of anilines is 1. The van der Waals surface area contributed by atoms with E-state index in [0.717, 1.165) is 15.0 Å². The Morgan fingerprint density at radius 2 is 1.58 bits per heavy atom. The molecule has 6 heteroatoms. The van der Waals surface area contributed by atoms with Crippen LogP contribution < -0.4 is 10.1 Å². The fraction of sp³-hybridized carbons (Fsp3) is 0.280. The normalized spacial score (nSPS) is 11.9. The Bertz CT molecular complexity index is 1020. The molecule has 0 saturated carbocycles. The van der Waals surface area contributed by atoms with Gasteiger partial charge in [0.2, 0.25) is 0 Å². The predicted octanol–water partition coefficient (Wildman–Crippen LogP) is 6.40. The number of aromatic nitrogens is 1. The molecule has 0 saturated heterocycles. The van der Waals surface area contributed by atoms with E-state index < -0.39 is 0 Å². The van der Waals surface area contributed by atoms with Gasteiger partial charge in [0.15, 0.2) is 0 Å². The summed E-state index contributed by atoms with van der Waals surface area (Å²) in [7, 11) is 0. The Kier molecular flexibility index (Phi) is 8.03.